The van der Waals surface area contributed by atoms with Gasteiger partial charge in [0.1, 0.15) is 0 Å². The van der Waals surface area contributed by atoms with Crippen molar-refractivity contribution in [1.82, 2.24) is 14.9 Å². The maximum absolute atomic E-state index is 10.9. The van der Waals surface area contributed by atoms with Gasteiger partial charge in [-0.2, -0.15) is 4.98 Å². The summed E-state index contributed by atoms with van der Waals surface area (Å²) in [5.74, 6) is 1.17. The molecular formula is C12H18N4O3. The van der Waals surface area contributed by atoms with Gasteiger partial charge in [0.15, 0.2) is 0 Å². The number of aromatic nitrogens is 2. The van der Waals surface area contributed by atoms with Gasteiger partial charge in [-0.15, -0.1) is 0 Å². The molecule has 7 heteroatoms. The minimum Gasteiger partial charge on any atom is -0.481 e. The highest BCUT2D eigenvalue weighted by molar-refractivity contribution is 5.65. The average molecular weight is 266 g/mol. The summed E-state index contributed by atoms with van der Waals surface area (Å²) in [4.78, 5) is 22.8. The third-order valence-corrected chi connectivity index (χ3v) is 3.42. The summed E-state index contributed by atoms with van der Waals surface area (Å²) in [6.45, 7) is 1.49. The van der Waals surface area contributed by atoms with E-state index in [1.54, 1.807) is 26.4 Å². The largest absolute Gasteiger partial charge is 0.481 e. The fourth-order valence-electron chi connectivity index (χ4n) is 2.21. The zero-order chi connectivity index (χ0) is 13.8. The second-order valence-corrected chi connectivity index (χ2v) is 4.51. The Labute approximate surface area is 111 Å². The summed E-state index contributed by atoms with van der Waals surface area (Å²) in [7, 11) is 3.19. The van der Waals surface area contributed by atoms with Crippen molar-refractivity contribution in [1.29, 1.82) is 0 Å². The molecule has 0 aromatic carbocycles. The molecule has 0 atom stereocenters. The minimum atomic E-state index is -0.879. The molecule has 1 saturated heterocycles. The SMILES string of the molecule is COc1ccnc(N2CCC(N(C)C(=O)O)CC2)n1. The van der Waals surface area contributed by atoms with E-state index in [-0.39, 0.29) is 6.04 Å². The molecule has 1 aromatic rings. The lowest BCUT2D eigenvalue weighted by molar-refractivity contribution is 0.131. The van der Waals surface area contributed by atoms with Crippen molar-refractivity contribution in [3.05, 3.63) is 12.3 Å². The molecule has 0 aliphatic carbocycles. The van der Waals surface area contributed by atoms with Crippen LogP contribution in [0.4, 0.5) is 10.7 Å². The van der Waals surface area contributed by atoms with E-state index in [0.717, 1.165) is 25.9 Å². The number of anilines is 1. The Kier molecular flexibility index (Phi) is 4.03. The number of nitrogens with zero attached hydrogens (tertiary/aromatic N) is 4. The molecule has 104 valence electrons. The van der Waals surface area contributed by atoms with E-state index in [1.165, 1.54) is 4.90 Å². The van der Waals surface area contributed by atoms with E-state index in [1.807, 2.05) is 0 Å². The minimum absolute atomic E-state index is 0.0688. The van der Waals surface area contributed by atoms with Crippen LogP contribution in [0.15, 0.2) is 12.3 Å². The summed E-state index contributed by atoms with van der Waals surface area (Å²) < 4.78 is 5.07. The van der Waals surface area contributed by atoms with Crippen LogP contribution in [0, 0.1) is 0 Å². The van der Waals surface area contributed by atoms with Crippen molar-refractivity contribution in [3.8, 4) is 5.88 Å². The van der Waals surface area contributed by atoms with Gasteiger partial charge in [-0.3, -0.25) is 0 Å². The Morgan fingerprint density at radius 3 is 2.79 bits per heavy atom. The van der Waals surface area contributed by atoms with Gasteiger partial charge in [0.25, 0.3) is 0 Å². The quantitative estimate of drug-likeness (QED) is 0.881. The lowest BCUT2D eigenvalue weighted by Gasteiger charge is -2.35. The highest BCUT2D eigenvalue weighted by Crippen LogP contribution is 2.20. The smallest absolute Gasteiger partial charge is 0.407 e. The van der Waals surface area contributed by atoms with Crippen LogP contribution in [0.3, 0.4) is 0 Å². The van der Waals surface area contributed by atoms with E-state index in [2.05, 4.69) is 14.9 Å². The molecule has 19 heavy (non-hydrogen) atoms. The maximum Gasteiger partial charge on any atom is 0.407 e. The van der Waals surface area contributed by atoms with Crippen LogP contribution in [0.5, 0.6) is 5.88 Å². The molecule has 0 saturated carbocycles. The number of piperidine rings is 1. The number of amides is 1. The molecule has 1 fully saturated rings. The third-order valence-electron chi connectivity index (χ3n) is 3.42. The van der Waals surface area contributed by atoms with Crippen molar-refractivity contribution < 1.29 is 14.6 Å². The summed E-state index contributed by atoms with van der Waals surface area (Å²) in [5.41, 5.74) is 0. The van der Waals surface area contributed by atoms with Gasteiger partial charge in [0.05, 0.1) is 7.11 Å². The van der Waals surface area contributed by atoms with Crippen molar-refractivity contribution >= 4 is 12.0 Å². The molecule has 0 radical (unpaired) electrons. The molecule has 1 amide bonds. The zero-order valence-corrected chi connectivity index (χ0v) is 11.1. The second-order valence-electron chi connectivity index (χ2n) is 4.51. The van der Waals surface area contributed by atoms with Gasteiger partial charge in [0, 0.05) is 38.4 Å². The van der Waals surface area contributed by atoms with Crippen molar-refractivity contribution in [2.45, 2.75) is 18.9 Å². The van der Waals surface area contributed by atoms with Gasteiger partial charge >= 0.3 is 6.09 Å². The molecule has 7 nitrogen and oxygen atoms in total. The molecule has 1 aliphatic rings. The Morgan fingerprint density at radius 1 is 1.53 bits per heavy atom. The fraction of sp³-hybridized carbons (Fsp3) is 0.583. The number of carbonyl (C=O) groups is 1. The summed E-state index contributed by atoms with van der Waals surface area (Å²) in [6, 6.07) is 1.77. The number of hydrogen-bond acceptors (Lipinski definition) is 5. The first-order chi connectivity index (χ1) is 9.11. The van der Waals surface area contributed by atoms with Gasteiger partial charge in [-0.1, -0.05) is 0 Å². The molecule has 0 unspecified atom stereocenters. The molecule has 0 spiro atoms. The van der Waals surface area contributed by atoms with E-state index in [4.69, 9.17) is 9.84 Å². The Bertz CT molecular complexity index is 446. The summed E-state index contributed by atoms with van der Waals surface area (Å²) in [6.07, 6.45) is 2.35. The molecule has 2 rings (SSSR count). The summed E-state index contributed by atoms with van der Waals surface area (Å²) >= 11 is 0. The van der Waals surface area contributed by atoms with Crippen LogP contribution >= 0.6 is 0 Å². The van der Waals surface area contributed by atoms with Crippen LogP contribution in [0.25, 0.3) is 0 Å². The highest BCUT2D eigenvalue weighted by Gasteiger charge is 2.26. The number of carboxylic acid groups (broad SMARTS) is 1. The number of ether oxygens (including phenoxy) is 1. The van der Waals surface area contributed by atoms with E-state index >= 15 is 0 Å². The van der Waals surface area contributed by atoms with Crippen LogP contribution in [-0.2, 0) is 0 Å². The van der Waals surface area contributed by atoms with E-state index in [9.17, 15) is 4.79 Å². The van der Waals surface area contributed by atoms with Crippen molar-refractivity contribution in [2.75, 3.05) is 32.1 Å². The number of rotatable bonds is 3. The van der Waals surface area contributed by atoms with Gasteiger partial charge in [-0.05, 0) is 12.8 Å². The normalized spacial score (nSPS) is 16.2. The van der Waals surface area contributed by atoms with Gasteiger partial charge in [-0.25, -0.2) is 9.78 Å². The average Bonchev–Trinajstić information content (AvgIpc) is 2.46. The Balaban J connectivity index is 1.97. The second kappa shape index (κ2) is 5.73. The Hall–Kier alpha value is -2.05. The Morgan fingerprint density at radius 2 is 2.21 bits per heavy atom. The first-order valence-corrected chi connectivity index (χ1v) is 6.19. The van der Waals surface area contributed by atoms with Crippen LogP contribution in [-0.4, -0.2) is 59.4 Å². The monoisotopic (exact) mass is 266 g/mol. The molecule has 1 N–H and O–H groups in total. The number of methoxy groups -OCH3 is 1. The van der Waals surface area contributed by atoms with E-state index in [0.29, 0.717) is 11.8 Å². The van der Waals surface area contributed by atoms with Crippen LogP contribution in [0.2, 0.25) is 0 Å². The lowest BCUT2D eigenvalue weighted by Crippen LogP contribution is -2.45. The first-order valence-electron chi connectivity index (χ1n) is 6.19. The van der Waals surface area contributed by atoms with Gasteiger partial charge in [0.2, 0.25) is 11.8 Å². The first kappa shape index (κ1) is 13.4. The predicted octanol–water partition coefficient (Wildman–Crippen LogP) is 1.06. The third kappa shape index (κ3) is 3.04. The molecule has 1 aromatic heterocycles. The molecule has 2 heterocycles. The highest BCUT2D eigenvalue weighted by atomic mass is 16.5. The van der Waals surface area contributed by atoms with Crippen molar-refractivity contribution in [2.24, 2.45) is 0 Å². The van der Waals surface area contributed by atoms with Crippen LogP contribution < -0.4 is 9.64 Å². The van der Waals surface area contributed by atoms with E-state index < -0.39 is 6.09 Å². The molecule has 1 aliphatic heterocycles. The lowest BCUT2D eigenvalue weighted by atomic mass is 10.0. The van der Waals surface area contributed by atoms with Crippen LogP contribution in [0.1, 0.15) is 12.8 Å². The molecular weight excluding hydrogens is 248 g/mol. The topological polar surface area (TPSA) is 78.8 Å². The van der Waals surface area contributed by atoms with Gasteiger partial charge < -0.3 is 19.6 Å². The molecule has 0 bridgehead atoms. The maximum atomic E-state index is 10.9. The standard InChI is InChI=1S/C12H18N4O3/c1-15(12(17)18)9-4-7-16(8-5-9)11-13-6-3-10(14-11)19-2/h3,6,9H,4-5,7-8H2,1-2H3,(H,17,18). The predicted molar refractivity (Wildman–Crippen MR) is 69.6 cm³/mol. The fourth-order valence-corrected chi connectivity index (χ4v) is 2.21. The zero-order valence-electron chi connectivity index (χ0n) is 11.1. The summed E-state index contributed by atoms with van der Waals surface area (Å²) in [5, 5.41) is 8.96. The van der Waals surface area contributed by atoms with Crippen molar-refractivity contribution in [3.63, 3.8) is 0 Å². The number of hydrogen-bond donors (Lipinski definition) is 1.